The van der Waals surface area contributed by atoms with Crippen molar-refractivity contribution in [2.24, 2.45) is 17.6 Å². The molecule has 1 saturated carbocycles. The smallest absolute Gasteiger partial charge is 0.232 e. The number of amides is 1. The Balaban J connectivity index is 2.68. The summed E-state index contributed by atoms with van der Waals surface area (Å²) in [4.78, 5) is 14.7. The predicted molar refractivity (Wildman–Crippen MR) is 74.8 cm³/mol. The molecule has 0 heterocycles. The molecule has 0 bridgehead atoms. The van der Waals surface area contributed by atoms with Crippen LogP contribution in [0.1, 0.15) is 46.5 Å². The van der Waals surface area contributed by atoms with Crippen LogP contribution in [0, 0.1) is 11.8 Å². The highest BCUT2D eigenvalue weighted by atomic mass is 32.1. The summed E-state index contributed by atoms with van der Waals surface area (Å²) in [6.45, 7) is 7.05. The van der Waals surface area contributed by atoms with Crippen LogP contribution in [0.4, 0.5) is 0 Å². The Morgan fingerprint density at radius 3 is 2.41 bits per heavy atom. The van der Waals surface area contributed by atoms with Gasteiger partial charge in [0.25, 0.3) is 0 Å². The zero-order chi connectivity index (χ0) is 13.0. The molecule has 0 spiro atoms. The number of nitrogens with zero attached hydrogens (tertiary/aromatic N) is 1. The second kappa shape index (κ2) is 6.34. The zero-order valence-corrected chi connectivity index (χ0v) is 11.9. The molecule has 3 nitrogen and oxygen atoms in total. The summed E-state index contributed by atoms with van der Waals surface area (Å²) in [7, 11) is 0. The minimum Gasteiger partial charge on any atom is -0.393 e. The molecule has 0 aromatic carbocycles. The zero-order valence-electron chi connectivity index (χ0n) is 11.1. The molecule has 1 atom stereocenters. The van der Waals surface area contributed by atoms with Crippen LogP contribution in [-0.4, -0.2) is 28.4 Å². The number of rotatable bonds is 7. The monoisotopic (exact) mass is 256 g/mol. The number of carbonyl (C=O) groups is 1. The van der Waals surface area contributed by atoms with E-state index in [1.54, 1.807) is 0 Å². The van der Waals surface area contributed by atoms with E-state index < -0.39 is 0 Å². The van der Waals surface area contributed by atoms with Crippen molar-refractivity contribution in [1.82, 2.24) is 4.90 Å². The van der Waals surface area contributed by atoms with Crippen LogP contribution in [-0.2, 0) is 4.79 Å². The van der Waals surface area contributed by atoms with Crippen LogP contribution in [0.3, 0.4) is 0 Å². The van der Waals surface area contributed by atoms with E-state index in [0.29, 0.717) is 10.9 Å². The Kier molecular flexibility index (Phi) is 5.37. The summed E-state index contributed by atoms with van der Waals surface area (Å²) < 4.78 is 0. The van der Waals surface area contributed by atoms with Crippen LogP contribution in [0.15, 0.2) is 0 Å². The topological polar surface area (TPSA) is 46.3 Å². The molecule has 1 aliphatic carbocycles. The Hall–Kier alpha value is -0.640. The van der Waals surface area contributed by atoms with Gasteiger partial charge >= 0.3 is 0 Å². The molecule has 1 aliphatic rings. The van der Waals surface area contributed by atoms with Crippen LogP contribution in [0.25, 0.3) is 0 Å². The first kappa shape index (κ1) is 14.4. The molecule has 0 aliphatic heterocycles. The van der Waals surface area contributed by atoms with Crippen molar-refractivity contribution in [3.63, 3.8) is 0 Å². The van der Waals surface area contributed by atoms with E-state index in [4.69, 9.17) is 18.0 Å². The fourth-order valence-corrected chi connectivity index (χ4v) is 2.23. The molecular formula is C13H24N2OS. The first-order valence-electron chi connectivity index (χ1n) is 6.57. The first-order chi connectivity index (χ1) is 7.97. The van der Waals surface area contributed by atoms with E-state index in [9.17, 15) is 4.79 Å². The third-order valence-corrected chi connectivity index (χ3v) is 3.56. The molecular weight excluding hydrogens is 232 g/mol. The second-order valence-electron chi connectivity index (χ2n) is 5.27. The van der Waals surface area contributed by atoms with Crippen molar-refractivity contribution < 1.29 is 4.79 Å². The number of hydrogen-bond acceptors (Lipinski definition) is 2. The predicted octanol–water partition coefficient (Wildman–Crippen LogP) is 2.34. The van der Waals surface area contributed by atoms with Crippen molar-refractivity contribution in [2.45, 2.75) is 52.5 Å². The molecule has 4 heteroatoms. The third kappa shape index (κ3) is 4.26. The van der Waals surface area contributed by atoms with Crippen LogP contribution >= 0.6 is 12.2 Å². The SMILES string of the molecule is CCCC(C(=O)N(CC1CC1)C(C)C)C(N)=S. The van der Waals surface area contributed by atoms with Crippen molar-refractivity contribution >= 4 is 23.1 Å². The van der Waals surface area contributed by atoms with E-state index in [1.807, 2.05) is 4.90 Å². The summed E-state index contributed by atoms with van der Waals surface area (Å²) in [5.41, 5.74) is 5.69. The highest BCUT2D eigenvalue weighted by Crippen LogP contribution is 2.31. The standard InChI is InChI=1S/C13H24N2OS/c1-4-5-11(12(14)17)13(16)15(9(2)3)8-10-6-7-10/h9-11H,4-8H2,1-3H3,(H2,14,17). The van der Waals surface area contributed by atoms with Gasteiger partial charge in [0.15, 0.2) is 0 Å². The molecule has 2 N–H and O–H groups in total. The molecule has 0 saturated heterocycles. The fraction of sp³-hybridized carbons (Fsp3) is 0.846. The Bertz CT molecular complexity index is 287. The maximum absolute atomic E-state index is 12.4. The van der Waals surface area contributed by atoms with Crippen LogP contribution < -0.4 is 5.73 Å². The maximum Gasteiger partial charge on any atom is 0.232 e. The van der Waals surface area contributed by atoms with Crippen molar-refractivity contribution in [3.8, 4) is 0 Å². The van der Waals surface area contributed by atoms with Crippen molar-refractivity contribution in [3.05, 3.63) is 0 Å². The summed E-state index contributed by atoms with van der Waals surface area (Å²) in [5.74, 6) is 0.562. The fourth-order valence-electron chi connectivity index (χ4n) is 2.01. The lowest BCUT2D eigenvalue weighted by atomic mass is 10.0. The lowest BCUT2D eigenvalue weighted by molar-refractivity contribution is -0.135. The summed E-state index contributed by atoms with van der Waals surface area (Å²) in [6.07, 6.45) is 4.20. The minimum atomic E-state index is -0.267. The van der Waals surface area contributed by atoms with E-state index in [0.717, 1.165) is 19.4 Å². The lowest BCUT2D eigenvalue weighted by Crippen LogP contribution is -2.45. The average molecular weight is 256 g/mol. The number of thiocarbonyl (C=S) groups is 1. The average Bonchev–Trinajstić information content (AvgIpc) is 3.04. The molecule has 0 aromatic heterocycles. The largest absolute Gasteiger partial charge is 0.393 e. The number of nitrogens with two attached hydrogens (primary N) is 1. The normalized spacial score (nSPS) is 16.9. The Labute approximate surface area is 110 Å². The van der Waals surface area contributed by atoms with E-state index in [2.05, 4.69) is 20.8 Å². The Morgan fingerprint density at radius 1 is 1.47 bits per heavy atom. The summed E-state index contributed by atoms with van der Waals surface area (Å²) in [6, 6.07) is 0.233. The van der Waals surface area contributed by atoms with Gasteiger partial charge in [0.1, 0.15) is 0 Å². The quantitative estimate of drug-likeness (QED) is 0.711. The molecule has 17 heavy (non-hydrogen) atoms. The second-order valence-corrected chi connectivity index (χ2v) is 5.74. The molecule has 98 valence electrons. The maximum atomic E-state index is 12.4. The van der Waals surface area contributed by atoms with Gasteiger partial charge in [-0.3, -0.25) is 4.79 Å². The van der Waals surface area contributed by atoms with E-state index in [-0.39, 0.29) is 17.9 Å². The van der Waals surface area contributed by atoms with Gasteiger partial charge in [-0.2, -0.15) is 0 Å². The van der Waals surface area contributed by atoms with Crippen molar-refractivity contribution in [2.75, 3.05) is 6.54 Å². The third-order valence-electron chi connectivity index (χ3n) is 3.28. The van der Waals surface area contributed by atoms with Gasteiger partial charge in [0.2, 0.25) is 5.91 Å². The van der Waals surface area contributed by atoms with Crippen molar-refractivity contribution in [1.29, 1.82) is 0 Å². The van der Waals surface area contributed by atoms with Gasteiger partial charge in [-0.1, -0.05) is 25.6 Å². The molecule has 1 amide bonds. The van der Waals surface area contributed by atoms with Gasteiger partial charge in [-0.25, -0.2) is 0 Å². The Morgan fingerprint density at radius 2 is 2.06 bits per heavy atom. The molecule has 1 rings (SSSR count). The van der Waals surface area contributed by atoms with Gasteiger partial charge in [0.05, 0.1) is 10.9 Å². The highest BCUT2D eigenvalue weighted by molar-refractivity contribution is 7.80. The molecule has 1 fully saturated rings. The summed E-state index contributed by atoms with van der Waals surface area (Å²) in [5, 5.41) is 0. The van der Waals surface area contributed by atoms with Crippen LogP contribution in [0.5, 0.6) is 0 Å². The van der Waals surface area contributed by atoms with E-state index >= 15 is 0 Å². The summed E-state index contributed by atoms with van der Waals surface area (Å²) >= 11 is 5.02. The molecule has 1 unspecified atom stereocenters. The lowest BCUT2D eigenvalue weighted by Gasteiger charge is -2.30. The highest BCUT2D eigenvalue weighted by Gasteiger charge is 2.32. The number of carbonyl (C=O) groups excluding carboxylic acids is 1. The van der Waals surface area contributed by atoms with Gasteiger partial charge < -0.3 is 10.6 Å². The van der Waals surface area contributed by atoms with Gasteiger partial charge in [-0.05, 0) is 39.0 Å². The van der Waals surface area contributed by atoms with Crippen LogP contribution in [0.2, 0.25) is 0 Å². The van der Waals surface area contributed by atoms with E-state index in [1.165, 1.54) is 12.8 Å². The minimum absolute atomic E-state index is 0.126. The first-order valence-corrected chi connectivity index (χ1v) is 6.98. The number of hydrogen-bond donors (Lipinski definition) is 1. The molecule has 0 radical (unpaired) electrons. The molecule has 0 aromatic rings. The van der Waals surface area contributed by atoms with Gasteiger partial charge in [0, 0.05) is 12.6 Å². The van der Waals surface area contributed by atoms with Gasteiger partial charge in [-0.15, -0.1) is 0 Å².